The first-order valence-corrected chi connectivity index (χ1v) is 7.62. The molecule has 1 saturated carbocycles. The van der Waals surface area contributed by atoms with Gasteiger partial charge >= 0.3 is 0 Å². The zero-order chi connectivity index (χ0) is 13.2. The second kappa shape index (κ2) is 5.50. The number of hydrogen-bond donors (Lipinski definition) is 1. The van der Waals surface area contributed by atoms with E-state index in [1.807, 2.05) is 0 Å². The van der Waals surface area contributed by atoms with Crippen LogP contribution in [0.4, 0.5) is 0 Å². The van der Waals surface area contributed by atoms with Crippen molar-refractivity contribution in [1.82, 2.24) is 4.90 Å². The van der Waals surface area contributed by atoms with Gasteiger partial charge in [0.15, 0.2) is 5.96 Å². The molecule has 2 aliphatic rings. The average molecular weight is 251 g/mol. The maximum atomic E-state index is 6.19. The van der Waals surface area contributed by atoms with Crippen LogP contribution in [0.1, 0.15) is 65.7 Å². The van der Waals surface area contributed by atoms with Gasteiger partial charge in [-0.3, -0.25) is 4.99 Å². The molecule has 1 fully saturated rings. The lowest BCUT2D eigenvalue weighted by molar-refractivity contribution is 0.129. The van der Waals surface area contributed by atoms with Crippen LogP contribution in [0.3, 0.4) is 0 Å². The Bertz CT molecular complexity index is 303. The highest BCUT2D eigenvalue weighted by Gasteiger charge is 2.41. The zero-order valence-electron chi connectivity index (χ0n) is 12.3. The summed E-state index contributed by atoms with van der Waals surface area (Å²) in [7, 11) is 0. The van der Waals surface area contributed by atoms with E-state index in [9.17, 15) is 0 Å². The van der Waals surface area contributed by atoms with Gasteiger partial charge in [-0.05, 0) is 32.1 Å². The molecular formula is C15H29N3. The lowest BCUT2D eigenvalue weighted by Crippen LogP contribution is -2.55. The fourth-order valence-corrected chi connectivity index (χ4v) is 3.87. The predicted octanol–water partition coefficient (Wildman–Crippen LogP) is 3.14. The van der Waals surface area contributed by atoms with E-state index in [0.29, 0.717) is 12.0 Å². The largest absolute Gasteiger partial charge is 0.370 e. The molecule has 1 unspecified atom stereocenters. The number of hydrogen-bond acceptors (Lipinski definition) is 3. The summed E-state index contributed by atoms with van der Waals surface area (Å²) in [5.74, 6) is 1.49. The van der Waals surface area contributed by atoms with Gasteiger partial charge in [-0.25, -0.2) is 0 Å². The lowest BCUT2D eigenvalue weighted by atomic mass is 9.88. The Morgan fingerprint density at radius 2 is 1.89 bits per heavy atom. The Balaban J connectivity index is 2.12. The number of nitrogens with two attached hydrogens (primary N) is 1. The van der Waals surface area contributed by atoms with Crippen LogP contribution in [0.5, 0.6) is 0 Å². The molecule has 0 saturated heterocycles. The Hall–Kier alpha value is -0.730. The van der Waals surface area contributed by atoms with Crippen LogP contribution < -0.4 is 5.73 Å². The minimum Gasteiger partial charge on any atom is -0.370 e. The molecule has 0 aromatic heterocycles. The first-order valence-electron chi connectivity index (χ1n) is 7.62. The smallest absolute Gasteiger partial charge is 0.192 e. The molecule has 1 aliphatic heterocycles. The molecule has 2 rings (SSSR count). The van der Waals surface area contributed by atoms with E-state index in [2.05, 4.69) is 30.7 Å². The van der Waals surface area contributed by atoms with Crippen molar-refractivity contribution in [3.8, 4) is 0 Å². The highest BCUT2D eigenvalue weighted by molar-refractivity contribution is 5.81. The predicted molar refractivity (Wildman–Crippen MR) is 77.7 cm³/mol. The SMILES string of the molecule is CC(C)CC1(C)CN=C(N)N1C1CCCCCC1. The molecule has 3 nitrogen and oxygen atoms in total. The lowest BCUT2D eigenvalue weighted by Gasteiger charge is -2.42. The van der Waals surface area contributed by atoms with Gasteiger partial charge in [-0.15, -0.1) is 0 Å². The minimum atomic E-state index is 0.160. The van der Waals surface area contributed by atoms with Crippen LogP contribution in [0.15, 0.2) is 4.99 Å². The average Bonchev–Trinajstić information content (AvgIpc) is 2.51. The van der Waals surface area contributed by atoms with Gasteiger partial charge in [0.05, 0.1) is 12.1 Å². The molecule has 1 heterocycles. The van der Waals surface area contributed by atoms with Gasteiger partial charge < -0.3 is 10.6 Å². The molecule has 2 N–H and O–H groups in total. The maximum absolute atomic E-state index is 6.19. The molecule has 0 aromatic rings. The molecule has 0 aromatic carbocycles. The molecular weight excluding hydrogens is 222 g/mol. The highest BCUT2D eigenvalue weighted by atomic mass is 15.4. The van der Waals surface area contributed by atoms with Crippen LogP contribution in [0, 0.1) is 5.92 Å². The summed E-state index contributed by atoms with van der Waals surface area (Å²) in [5, 5.41) is 0. The van der Waals surface area contributed by atoms with Crippen molar-refractivity contribution < 1.29 is 0 Å². The van der Waals surface area contributed by atoms with Gasteiger partial charge in [0.1, 0.15) is 0 Å². The molecule has 1 atom stereocenters. The molecule has 0 radical (unpaired) electrons. The fraction of sp³-hybridized carbons (Fsp3) is 0.933. The summed E-state index contributed by atoms with van der Waals surface area (Å²) in [5.41, 5.74) is 6.35. The van der Waals surface area contributed by atoms with Gasteiger partial charge in [-0.1, -0.05) is 39.5 Å². The number of rotatable bonds is 3. The molecule has 0 amide bonds. The Labute approximate surface area is 112 Å². The van der Waals surface area contributed by atoms with Crippen molar-refractivity contribution in [3.05, 3.63) is 0 Å². The van der Waals surface area contributed by atoms with Crippen molar-refractivity contribution in [1.29, 1.82) is 0 Å². The molecule has 1 aliphatic carbocycles. The summed E-state index contributed by atoms with van der Waals surface area (Å²) in [4.78, 5) is 7.02. The molecule has 18 heavy (non-hydrogen) atoms. The Morgan fingerprint density at radius 1 is 1.28 bits per heavy atom. The van der Waals surface area contributed by atoms with Gasteiger partial charge in [0.25, 0.3) is 0 Å². The number of nitrogens with zero attached hydrogens (tertiary/aromatic N) is 2. The van der Waals surface area contributed by atoms with Crippen molar-refractivity contribution >= 4 is 5.96 Å². The van der Waals surface area contributed by atoms with Crippen molar-refractivity contribution in [2.45, 2.75) is 77.3 Å². The fourth-order valence-electron chi connectivity index (χ4n) is 3.87. The third-order valence-corrected chi connectivity index (χ3v) is 4.45. The Kier molecular flexibility index (Phi) is 4.18. The van der Waals surface area contributed by atoms with Crippen molar-refractivity contribution in [3.63, 3.8) is 0 Å². The minimum absolute atomic E-state index is 0.160. The summed E-state index contributed by atoms with van der Waals surface area (Å²) < 4.78 is 0. The van der Waals surface area contributed by atoms with E-state index in [1.54, 1.807) is 0 Å². The first kappa shape index (κ1) is 13.7. The normalized spacial score (nSPS) is 30.7. The van der Waals surface area contributed by atoms with Gasteiger partial charge in [0, 0.05) is 6.04 Å². The molecule has 3 heteroatoms. The van der Waals surface area contributed by atoms with Crippen LogP contribution in [-0.2, 0) is 0 Å². The summed E-state index contributed by atoms with van der Waals surface area (Å²) >= 11 is 0. The van der Waals surface area contributed by atoms with Crippen molar-refractivity contribution in [2.75, 3.05) is 6.54 Å². The standard InChI is InChI=1S/C15H29N3/c1-12(2)10-15(3)11-17-14(16)18(15)13-8-6-4-5-7-9-13/h12-13H,4-11H2,1-3H3,(H2,16,17). The van der Waals surface area contributed by atoms with E-state index < -0.39 is 0 Å². The number of aliphatic imine (C=N–C) groups is 1. The van der Waals surface area contributed by atoms with E-state index in [-0.39, 0.29) is 5.54 Å². The van der Waals surface area contributed by atoms with Crippen LogP contribution >= 0.6 is 0 Å². The van der Waals surface area contributed by atoms with E-state index >= 15 is 0 Å². The maximum Gasteiger partial charge on any atom is 0.192 e. The summed E-state index contributed by atoms with van der Waals surface area (Å²) in [6.45, 7) is 7.82. The second-order valence-corrected chi connectivity index (χ2v) is 6.78. The van der Waals surface area contributed by atoms with Crippen molar-refractivity contribution in [2.24, 2.45) is 16.6 Å². The molecule has 104 valence electrons. The van der Waals surface area contributed by atoms with E-state index in [4.69, 9.17) is 5.73 Å². The van der Waals surface area contributed by atoms with Crippen LogP contribution in [0.2, 0.25) is 0 Å². The van der Waals surface area contributed by atoms with Gasteiger partial charge in [-0.2, -0.15) is 0 Å². The third-order valence-electron chi connectivity index (χ3n) is 4.45. The second-order valence-electron chi connectivity index (χ2n) is 6.78. The van der Waals surface area contributed by atoms with E-state index in [1.165, 1.54) is 44.9 Å². The quantitative estimate of drug-likeness (QED) is 0.783. The number of guanidine groups is 1. The highest BCUT2D eigenvalue weighted by Crippen LogP contribution is 2.34. The topological polar surface area (TPSA) is 41.6 Å². The van der Waals surface area contributed by atoms with Gasteiger partial charge in [0.2, 0.25) is 0 Å². The first-order chi connectivity index (χ1) is 8.53. The summed E-state index contributed by atoms with van der Waals surface area (Å²) in [6, 6.07) is 0.627. The third kappa shape index (κ3) is 2.81. The summed E-state index contributed by atoms with van der Waals surface area (Å²) in [6.07, 6.45) is 9.27. The van der Waals surface area contributed by atoms with E-state index in [0.717, 1.165) is 12.5 Å². The Morgan fingerprint density at radius 3 is 2.44 bits per heavy atom. The zero-order valence-corrected chi connectivity index (χ0v) is 12.3. The molecule has 0 spiro atoms. The van der Waals surface area contributed by atoms with Crippen LogP contribution in [0.25, 0.3) is 0 Å². The van der Waals surface area contributed by atoms with Crippen LogP contribution in [-0.4, -0.2) is 29.0 Å². The molecule has 0 bridgehead atoms. The monoisotopic (exact) mass is 251 g/mol.